The molecule has 0 spiro atoms. The molecule has 3 heterocycles. The lowest BCUT2D eigenvalue weighted by molar-refractivity contribution is -0.146. The first-order valence-corrected chi connectivity index (χ1v) is 14.5. The molecule has 0 aliphatic carbocycles. The standard InChI is InChI=1S/C25H38N6O8S/c1-11(2)7-14-21(35)29-15(8-19(33)34)22(36)30-20(12(3)4)24(38)28-13-5-6-18-31(25(13)39)16(10-40-18)23(37)26-9-17(32)27-14/h11-16,18,20H,5-10H2,1-4H3,(H,26,37)(H,27,32)(H,28,38)(H,29,35)(H,30,36)(H,33,34)/t13-,14-,15-,16-,18-,20+/m0/s1. The zero-order chi connectivity index (χ0) is 29.7. The number of aliphatic carboxylic acids is 1. The predicted molar refractivity (Wildman–Crippen MR) is 143 cm³/mol. The first kappa shape index (κ1) is 31.2. The van der Waals surface area contributed by atoms with Gasteiger partial charge in [0.15, 0.2) is 0 Å². The lowest BCUT2D eigenvalue weighted by atomic mass is 9.98. The summed E-state index contributed by atoms with van der Waals surface area (Å²) in [5.41, 5.74) is 0. The van der Waals surface area contributed by atoms with Gasteiger partial charge in [-0.2, -0.15) is 0 Å². The third-order valence-electron chi connectivity index (χ3n) is 7.01. The van der Waals surface area contributed by atoms with Crippen LogP contribution in [0.5, 0.6) is 0 Å². The molecular weight excluding hydrogens is 544 g/mol. The molecule has 14 nitrogen and oxygen atoms in total. The highest BCUT2D eigenvalue weighted by Gasteiger charge is 2.47. The van der Waals surface area contributed by atoms with Crippen LogP contribution in [0.2, 0.25) is 0 Å². The third-order valence-corrected chi connectivity index (χ3v) is 8.36. The summed E-state index contributed by atoms with van der Waals surface area (Å²) in [5, 5.41) is 21.8. The number of rotatable bonds is 5. The molecule has 0 aromatic heterocycles. The number of hydrogen-bond acceptors (Lipinski definition) is 8. The monoisotopic (exact) mass is 582 g/mol. The predicted octanol–water partition coefficient (Wildman–Crippen LogP) is -1.70. The number of nitrogens with zero attached hydrogens (tertiary/aromatic N) is 1. The van der Waals surface area contributed by atoms with Crippen molar-refractivity contribution in [3.05, 3.63) is 0 Å². The average Bonchev–Trinajstić information content (AvgIpc) is 3.30. The van der Waals surface area contributed by atoms with Crippen LogP contribution in [0, 0.1) is 11.8 Å². The number of thioether (sulfide) groups is 1. The van der Waals surface area contributed by atoms with Gasteiger partial charge >= 0.3 is 5.97 Å². The number of amides is 6. The molecule has 0 aromatic carbocycles. The molecule has 3 rings (SSSR count). The Balaban J connectivity index is 1.94. The van der Waals surface area contributed by atoms with E-state index in [-0.39, 0.29) is 17.7 Å². The molecule has 2 bridgehead atoms. The Morgan fingerprint density at radius 1 is 0.900 bits per heavy atom. The number of nitrogens with one attached hydrogen (secondary N) is 5. The topological polar surface area (TPSA) is 203 Å². The van der Waals surface area contributed by atoms with Gasteiger partial charge in [0.25, 0.3) is 0 Å². The summed E-state index contributed by atoms with van der Waals surface area (Å²) in [5.74, 6) is -5.45. The average molecular weight is 583 g/mol. The van der Waals surface area contributed by atoms with E-state index in [4.69, 9.17) is 0 Å². The van der Waals surface area contributed by atoms with Crippen molar-refractivity contribution >= 4 is 53.2 Å². The molecule has 6 N–H and O–H groups in total. The number of hydrogen-bond donors (Lipinski definition) is 6. The highest BCUT2D eigenvalue weighted by Crippen LogP contribution is 2.36. The maximum absolute atomic E-state index is 13.4. The van der Waals surface area contributed by atoms with Gasteiger partial charge in [-0.05, 0) is 31.1 Å². The molecule has 40 heavy (non-hydrogen) atoms. The van der Waals surface area contributed by atoms with Gasteiger partial charge < -0.3 is 36.6 Å². The summed E-state index contributed by atoms with van der Waals surface area (Å²) in [6.07, 6.45) is 0.282. The van der Waals surface area contributed by atoms with Crippen molar-refractivity contribution in [2.45, 2.75) is 89.0 Å². The lowest BCUT2D eigenvalue weighted by Crippen LogP contribution is -2.63. The largest absolute Gasteiger partial charge is 0.481 e. The Hall–Kier alpha value is -3.36. The number of carboxylic acid groups (broad SMARTS) is 1. The molecule has 0 radical (unpaired) electrons. The fourth-order valence-electron chi connectivity index (χ4n) is 4.97. The number of piperidine rings is 1. The Morgan fingerprint density at radius 2 is 1.57 bits per heavy atom. The van der Waals surface area contributed by atoms with Crippen LogP contribution in [0.25, 0.3) is 0 Å². The van der Waals surface area contributed by atoms with E-state index in [1.54, 1.807) is 13.8 Å². The Bertz CT molecular complexity index is 1050. The van der Waals surface area contributed by atoms with Gasteiger partial charge in [0, 0.05) is 5.75 Å². The minimum absolute atomic E-state index is 0.0604. The highest BCUT2D eigenvalue weighted by molar-refractivity contribution is 8.00. The summed E-state index contributed by atoms with van der Waals surface area (Å²) in [7, 11) is 0. The second-order valence-electron chi connectivity index (χ2n) is 11.0. The third kappa shape index (κ3) is 7.64. The Labute approximate surface area is 236 Å². The maximum atomic E-state index is 13.4. The second kappa shape index (κ2) is 13.3. The molecule has 3 aliphatic heterocycles. The molecule has 3 saturated heterocycles. The van der Waals surface area contributed by atoms with Gasteiger partial charge in [-0.3, -0.25) is 33.6 Å². The number of carbonyl (C=O) groups excluding carboxylic acids is 6. The van der Waals surface area contributed by atoms with E-state index in [9.17, 15) is 38.7 Å². The SMILES string of the molecule is CC(C)C[C@@H]1NC(=O)CNC(=O)[C@@H]2CS[C@H]3CC[C@H](NC(=O)[C@@H](C(C)C)NC(=O)[C@H](CC(=O)O)NC1=O)C(=O)N32. The fraction of sp³-hybridized carbons (Fsp3) is 0.720. The number of fused-ring (bicyclic) bond motifs is 1. The first-order chi connectivity index (χ1) is 18.8. The van der Waals surface area contributed by atoms with Crippen LogP contribution < -0.4 is 26.6 Å². The molecule has 0 aromatic rings. The van der Waals surface area contributed by atoms with Gasteiger partial charge in [-0.25, -0.2) is 0 Å². The van der Waals surface area contributed by atoms with Gasteiger partial charge in [0.2, 0.25) is 35.4 Å². The fourth-order valence-corrected chi connectivity index (χ4v) is 6.40. The summed E-state index contributed by atoms with van der Waals surface area (Å²) >= 11 is 1.45. The van der Waals surface area contributed by atoms with Crippen molar-refractivity contribution < 1.29 is 38.7 Å². The first-order valence-electron chi connectivity index (χ1n) is 13.4. The zero-order valence-corrected chi connectivity index (χ0v) is 23.8. The minimum atomic E-state index is -1.54. The summed E-state index contributed by atoms with van der Waals surface area (Å²) in [4.78, 5) is 91.6. The van der Waals surface area contributed by atoms with E-state index < -0.39 is 90.5 Å². The van der Waals surface area contributed by atoms with Crippen molar-refractivity contribution in [3.63, 3.8) is 0 Å². The van der Waals surface area contributed by atoms with E-state index in [1.165, 1.54) is 16.7 Å². The Kier molecular flexibility index (Phi) is 10.4. The number of carbonyl (C=O) groups is 7. The van der Waals surface area contributed by atoms with Gasteiger partial charge in [-0.1, -0.05) is 27.7 Å². The zero-order valence-electron chi connectivity index (χ0n) is 23.0. The molecule has 3 aliphatic rings. The van der Waals surface area contributed by atoms with Crippen LogP contribution in [0.15, 0.2) is 0 Å². The lowest BCUT2D eigenvalue weighted by Gasteiger charge is -2.37. The molecule has 6 amide bonds. The van der Waals surface area contributed by atoms with Crippen LogP contribution in [-0.4, -0.2) is 99.3 Å². The van der Waals surface area contributed by atoms with Gasteiger partial charge in [-0.15, -0.1) is 11.8 Å². The van der Waals surface area contributed by atoms with E-state index in [0.717, 1.165) is 0 Å². The van der Waals surface area contributed by atoms with Crippen LogP contribution >= 0.6 is 11.8 Å². The summed E-state index contributed by atoms with van der Waals surface area (Å²) in [6.45, 7) is 6.52. The molecule has 6 atom stereocenters. The van der Waals surface area contributed by atoms with Crippen molar-refractivity contribution in [3.8, 4) is 0 Å². The van der Waals surface area contributed by atoms with Crippen LogP contribution in [-0.2, 0) is 33.6 Å². The molecule has 3 fully saturated rings. The van der Waals surface area contributed by atoms with Crippen molar-refractivity contribution in [2.75, 3.05) is 12.3 Å². The molecule has 222 valence electrons. The highest BCUT2D eigenvalue weighted by atomic mass is 32.2. The van der Waals surface area contributed by atoms with E-state index in [2.05, 4.69) is 26.6 Å². The van der Waals surface area contributed by atoms with Crippen molar-refractivity contribution in [1.29, 1.82) is 0 Å². The molecule has 0 unspecified atom stereocenters. The van der Waals surface area contributed by atoms with Crippen molar-refractivity contribution in [2.24, 2.45) is 11.8 Å². The second-order valence-corrected chi connectivity index (χ2v) is 12.3. The Morgan fingerprint density at radius 3 is 2.20 bits per heavy atom. The van der Waals surface area contributed by atoms with Crippen LogP contribution in [0.3, 0.4) is 0 Å². The van der Waals surface area contributed by atoms with E-state index in [1.807, 2.05) is 13.8 Å². The van der Waals surface area contributed by atoms with Crippen LogP contribution in [0.4, 0.5) is 0 Å². The molecule has 0 saturated carbocycles. The molecule has 15 heteroatoms. The van der Waals surface area contributed by atoms with E-state index >= 15 is 0 Å². The minimum Gasteiger partial charge on any atom is -0.481 e. The van der Waals surface area contributed by atoms with Gasteiger partial charge in [0.1, 0.15) is 30.2 Å². The smallest absolute Gasteiger partial charge is 0.305 e. The van der Waals surface area contributed by atoms with Crippen molar-refractivity contribution in [1.82, 2.24) is 31.5 Å². The normalized spacial score (nSPS) is 30.6. The van der Waals surface area contributed by atoms with Gasteiger partial charge in [0.05, 0.1) is 18.3 Å². The summed E-state index contributed by atoms with van der Waals surface area (Å²) in [6, 6.07) is -5.55. The number of carboxylic acids is 1. The summed E-state index contributed by atoms with van der Waals surface area (Å²) < 4.78 is 0. The quantitative estimate of drug-likeness (QED) is 0.218. The van der Waals surface area contributed by atoms with Crippen LogP contribution in [0.1, 0.15) is 53.4 Å². The van der Waals surface area contributed by atoms with E-state index in [0.29, 0.717) is 18.6 Å². The maximum Gasteiger partial charge on any atom is 0.305 e. The molecular formula is C25H38N6O8S.